The molecule has 0 aliphatic heterocycles. The van der Waals surface area contributed by atoms with E-state index in [4.69, 9.17) is 0 Å². The molecule has 0 aliphatic carbocycles. The molecule has 0 radical (unpaired) electrons. The Morgan fingerprint density at radius 3 is 2.60 bits per heavy atom. The van der Waals surface area contributed by atoms with Gasteiger partial charge in [-0.1, -0.05) is 30.3 Å². The molecule has 1 amide bonds. The van der Waals surface area contributed by atoms with Gasteiger partial charge in [0.2, 0.25) is 0 Å². The second-order valence-electron chi connectivity index (χ2n) is 4.94. The van der Waals surface area contributed by atoms with Crippen LogP contribution in [0.25, 0.3) is 0 Å². The van der Waals surface area contributed by atoms with Gasteiger partial charge in [0.1, 0.15) is 5.69 Å². The van der Waals surface area contributed by atoms with E-state index in [0.29, 0.717) is 5.69 Å². The summed E-state index contributed by atoms with van der Waals surface area (Å²) >= 11 is 0. The molecule has 1 atom stereocenters. The highest BCUT2D eigenvalue weighted by Crippen LogP contribution is 2.05. The second-order valence-corrected chi connectivity index (χ2v) is 4.94. The minimum atomic E-state index is -0.168. The van der Waals surface area contributed by atoms with Crippen molar-refractivity contribution in [2.24, 2.45) is 0 Å². The Balaban J connectivity index is 1.83. The van der Waals surface area contributed by atoms with Crippen LogP contribution in [0.5, 0.6) is 0 Å². The lowest BCUT2D eigenvalue weighted by molar-refractivity contribution is 0.0933. The van der Waals surface area contributed by atoms with E-state index < -0.39 is 0 Å². The smallest absolute Gasteiger partial charge is 0.271 e. The van der Waals surface area contributed by atoms with Gasteiger partial charge in [0, 0.05) is 12.2 Å². The molecule has 0 saturated carbocycles. The number of carbonyl (C=O) groups excluding carboxylic acids is 1. The van der Waals surface area contributed by atoms with Crippen LogP contribution in [-0.4, -0.2) is 21.9 Å². The molecule has 20 heavy (non-hydrogen) atoms. The third kappa shape index (κ3) is 4.16. The average molecular weight is 269 g/mol. The van der Waals surface area contributed by atoms with Gasteiger partial charge in [0.25, 0.3) is 5.91 Å². The standard InChI is InChI=1S/C16H19N3O/c1-12(8-9-14-6-4-3-5-7-14)19-16(20)15-11-17-13(2)10-18-15/h3-7,10-12H,8-9H2,1-2H3,(H,19,20)/t12-/m1/s1. The lowest BCUT2D eigenvalue weighted by Gasteiger charge is -2.13. The van der Waals surface area contributed by atoms with Crippen molar-refractivity contribution < 1.29 is 4.79 Å². The molecule has 2 rings (SSSR count). The van der Waals surface area contributed by atoms with Gasteiger partial charge in [0.05, 0.1) is 11.9 Å². The molecule has 4 heteroatoms. The molecular formula is C16H19N3O. The fraction of sp³-hybridized carbons (Fsp3) is 0.312. The molecule has 4 nitrogen and oxygen atoms in total. The molecule has 2 aromatic rings. The van der Waals surface area contributed by atoms with Gasteiger partial charge in [-0.05, 0) is 32.3 Å². The summed E-state index contributed by atoms with van der Waals surface area (Å²) in [5, 5.41) is 2.94. The van der Waals surface area contributed by atoms with Crippen LogP contribution in [0.1, 0.15) is 35.1 Å². The molecule has 1 N–H and O–H groups in total. The highest BCUT2D eigenvalue weighted by Gasteiger charge is 2.11. The SMILES string of the molecule is Cc1cnc(C(=O)N[C@H](C)CCc2ccccc2)cn1. The average Bonchev–Trinajstić information content (AvgIpc) is 2.47. The lowest BCUT2D eigenvalue weighted by Crippen LogP contribution is -2.33. The molecule has 0 unspecified atom stereocenters. The third-order valence-electron chi connectivity index (χ3n) is 3.10. The van der Waals surface area contributed by atoms with Crippen molar-refractivity contribution in [3.8, 4) is 0 Å². The van der Waals surface area contributed by atoms with Crippen molar-refractivity contribution in [2.45, 2.75) is 32.7 Å². The second kappa shape index (κ2) is 6.80. The monoisotopic (exact) mass is 269 g/mol. The maximum absolute atomic E-state index is 12.0. The summed E-state index contributed by atoms with van der Waals surface area (Å²) in [5.41, 5.74) is 2.45. The van der Waals surface area contributed by atoms with Crippen molar-refractivity contribution in [1.82, 2.24) is 15.3 Å². The van der Waals surface area contributed by atoms with Crippen LogP contribution >= 0.6 is 0 Å². The molecule has 104 valence electrons. The van der Waals surface area contributed by atoms with Crippen molar-refractivity contribution >= 4 is 5.91 Å². The minimum absolute atomic E-state index is 0.103. The summed E-state index contributed by atoms with van der Waals surface area (Å²) in [4.78, 5) is 20.1. The van der Waals surface area contributed by atoms with E-state index in [9.17, 15) is 4.79 Å². The Bertz CT molecular complexity index is 552. The summed E-state index contributed by atoms with van der Waals surface area (Å²) in [6.45, 7) is 3.85. The van der Waals surface area contributed by atoms with E-state index in [1.54, 1.807) is 6.20 Å². The highest BCUT2D eigenvalue weighted by atomic mass is 16.1. The van der Waals surface area contributed by atoms with Gasteiger partial charge in [0.15, 0.2) is 0 Å². The Morgan fingerprint density at radius 1 is 1.20 bits per heavy atom. The Kier molecular flexibility index (Phi) is 4.82. The van der Waals surface area contributed by atoms with Gasteiger partial charge in [-0.25, -0.2) is 4.98 Å². The van der Waals surface area contributed by atoms with Crippen molar-refractivity contribution in [3.63, 3.8) is 0 Å². The maximum Gasteiger partial charge on any atom is 0.271 e. The number of hydrogen-bond acceptors (Lipinski definition) is 3. The number of amides is 1. The number of nitrogens with zero attached hydrogens (tertiary/aromatic N) is 2. The summed E-state index contributed by atoms with van der Waals surface area (Å²) in [6.07, 6.45) is 4.95. The van der Waals surface area contributed by atoms with Gasteiger partial charge in [-0.2, -0.15) is 0 Å². The van der Waals surface area contributed by atoms with E-state index >= 15 is 0 Å². The van der Waals surface area contributed by atoms with Crippen LogP contribution in [0.4, 0.5) is 0 Å². The van der Waals surface area contributed by atoms with Crippen LogP contribution in [-0.2, 0) is 6.42 Å². The quantitative estimate of drug-likeness (QED) is 0.907. The molecular weight excluding hydrogens is 250 g/mol. The van der Waals surface area contributed by atoms with Crippen LogP contribution < -0.4 is 5.32 Å². The molecule has 0 aliphatic rings. The lowest BCUT2D eigenvalue weighted by atomic mass is 10.1. The van der Waals surface area contributed by atoms with Crippen molar-refractivity contribution in [2.75, 3.05) is 0 Å². The highest BCUT2D eigenvalue weighted by molar-refractivity contribution is 5.92. The fourth-order valence-electron chi connectivity index (χ4n) is 1.91. The normalized spacial score (nSPS) is 11.9. The minimum Gasteiger partial charge on any atom is -0.348 e. The molecule has 1 aromatic heterocycles. The molecule has 1 heterocycles. The summed E-state index contributed by atoms with van der Waals surface area (Å²) < 4.78 is 0. The molecule has 0 spiro atoms. The van der Waals surface area contributed by atoms with Crippen LogP contribution in [0, 0.1) is 6.92 Å². The predicted molar refractivity (Wildman–Crippen MR) is 78.5 cm³/mol. The van der Waals surface area contributed by atoms with Gasteiger partial charge >= 0.3 is 0 Å². The van der Waals surface area contributed by atoms with Crippen LogP contribution in [0.15, 0.2) is 42.7 Å². The van der Waals surface area contributed by atoms with E-state index in [1.165, 1.54) is 11.8 Å². The Hall–Kier alpha value is -2.23. The molecule has 0 saturated heterocycles. The number of rotatable bonds is 5. The van der Waals surface area contributed by atoms with Gasteiger partial charge in [-0.15, -0.1) is 0 Å². The van der Waals surface area contributed by atoms with E-state index in [2.05, 4.69) is 27.4 Å². The topological polar surface area (TPSA) is 54.9 Å². The Morgan fingerprint density at radius 2 is 1.95 bits per heavy atom. The first-order valence-electron chi connectivity index (χ1n) is 6.78. The zero-order valence-corrected chi connectivity index (χ0v) is 11.8. The molecule has 0 fully saturated rings. The summed E-state index contributed by atoms with van der Waals surface area (Å²) in [7, 11) is 0. The molecule has 0 bridgehead atoms. The van der Waals surface area contributed by atoms with Gasteiger partial charge < -0.3 is 5.32 Å². The first-order chi connectivity index (χ1) is 9.65. The van der Waals surface area contributed by atoms with E-state index in [1.807, 2.05) is 32.0 Å². The summed E-state index contributed by atoms with van der Waals surface area (Å²) in [6, 6.07) is 10.4. The number of nitrogens with one attached hydrogen (secondary N) is 1. The van der Waals surface area contributed by atoms with Crippen LogP contribution in [0.2, 0.25) is 0 Å². The molecule has 1 aromatic carbocycles. The van der Waals surface area contributed by atoms with E-state index in [-0.39, 0.29) is 11.9 Å². The van der Waals surface area contributed by atoms with Crippen LogP contribution in [0.3, 0.4) is 0 Å². The number of aryl methyl sites for hydroxylation is 2. The summed E-state index contributed by atoms with van der Waals surface area (Å²) in [5.74, 6) is -0.168. The van der Waals surface area contributed by atoms with Crippen molar-refractivity contribution in [3.05, 3.63) is 59.7 Å². The third-order valence-corrected chi connectivity index (χ3v) is 3.10. The first kappa shape index (κ1) is 14.2. The van der Waals surface area contributed by atoms with E-state index in [0.717, 1.165) is 18.5 Å². The largest absolute Gasteiger partial charge is 0.348 e. The number of carbonyl (C=O) groups is 1. The predicted octanol–water partition coefficient (Wildman–Crippen LogP) is 2.54. The van der Waals surface area contributed by atoms with Gasteiger partial charge in [-0.3, -0.25) is 9.78 Å². The number of benzene rings is 1. The maximum atomic E-state index is 12.0. The van der Waals surface area contributed by atoms with Crippen molar-refractivity contribution in [1.29, 1.82) is 0 Å². The number of aromatic nitrogens is 2. The fourth-order valence-corrected chi connectivity index (χ4v) is 1.91. The zero-order valence-electron chi connectivity index (χ0n) is 11.8. The Labute approximate surface area is 119 Å². The number of hydrogen-bond donors (Lipinski definition) is 1. The zero-order chi connectivity index (χ0) is 14.4. The first-order valence-corrected chi connectivity index (χ1v) is 6.78.